The van der Waals surface area contributed by atoms with Crippen LogP contribution in [0.25, 0.3) is 66.8 Å². The monoisotopic (exact) mass is 1200 g/mol. The fourth-order valence-corrected chi connectivity index (χ4v) is 13.2. The van der Waals surface area contributed by atoms with E-state index in [9.17, 15) is 0 Å². The molecule has 0 aliphatic carbocycles. The van der Waals surface area contributed by atoms with Crippen molar-refractivity contribution in [2.24, 2.45) is 0 Å². The molecule has 0 N–H and O–H groups in total. The molecule has 0 aliphatic rings. The van der Waals surface area contributed by atoms with Crippen molar-refractivity contribution in [1.29, 1.82) is 0 Å². The molecule has 2 nitrogen and oxygen atoms in total. The minimum Gasteiger partial charge on any atom is -0.310 e. The van der Waals surface area contributed by atoms with Gasteiger partial charge in [0.15, 0.2) is 0 Å². The first-order chi connectivity index (χ1) is 44.4. The van der Waals surface area contributed by atoms with Gasteiger partial charge in [0.25, 0.3) is 0 Å². The van der Waals surface area contributed by atoms with Crippen LogP contribution < -0.4 is 9.80 Å². The SMILES string of the molecule is CCCCCCc1cc(-c2ccc(N(c3ccc(-c4ccc(C)cc4)cc3)c3ccc(-c4ccc(C(C)(C)C)cc4)cc3)cc2C)c(CCCCCC)cc1-c1ccc(N(c2ccc(-c3ccc(C)cc3)cc2)c2ccc(-c3ccc(C(C)(C)C)cc3)cc2)cc1C. The minimum absolute atomic E-state index is 0.104. The van der Waals surface area contributed by atoms with E-state index in [1.165, 1.54) is 150 Å². The fourth-order valence-electron chi connectivity index (χ4n) is 13.2. The number of unbranched alkanes of at least 4 members (excludes halogenated alkanes) is 6. The Morgan fingerprint density at radius 2 is 0.500 bits per heavy atom. The van der Waals surface area contributed by atoms with Crippen LogP contribution >= 0.6 is 0 Å². The van der Waals surface area contributed by atoms with Gasteiger partial charge < -0.3 is 9.80 Å². The molecular formula is C90H96N2. The average Bonchev–Trinajstić information content (AvgIpc) is 0.790. The van der Waals surface area contributed by atoms with Crippen LogP contribution in [0.5, 0.6) is 0 Å². The van der Waals surface area contributed by atoms with Crippen LogP contribution in [0.3, 0.4) is 0 Å². The van der Waals surface area contributed by atoms with Crippen molar-refractivity contribution in [3.8, 4) is 66.8 Å². The molecule has 92 heavy (non-hydrogen) atoms. The van der Waals surface area contributed by atoms with Crippen LogP contribution in [0.1, 0.15) is 151 Å². The highest BCUT2D eigenvalue weighted by molar-refractivity contribution is 5.87. The van der Waals surface area contributed by atoms with Crippen LogP contribution in [0.15, 0.2) is 243 Å². The molecule has 466 valence electrons. The molecule has 0 saturated heterocycles. The second kappa shape index (κ2) is 28.7. The lowest BCUT2D eigenvalue weighted by molar-refractivity contribution is 0.590. The van der Waals surface area contributed by atoms with Crippen LogP contribution in [0, 0.1) is 27.7 Å². The molecule has 0 unspecified atom stereocenters. The number of hydrogen-bond acceptors (Lipinski definition) is 2. The van der Waals surface area contributed by atoms with Crippen molar-refractivity contribution < 1.29 is 0 Å². The summed E-state index contributed by atoms with van der Waals surface area (Å²) in [5, 5.41) is 0. The summed E-state index contributed by atoms with van der Waals surface area (Å²) < 4.78 is 0. The maximum Gasteiger partial charge on any atom is 0.0464 e. The van der Waals surface area contributed by atoms with Crippen molar-refractivity contribution in [2.75, 3.05) is 9.80 Å². The molecular weight excluding hydrogens is 1110 g/mol. The molecule has 0 amide bonds. The smallest absolute Gasteiger partial charge is 0.0464 e. The highest BCUT2D eigenvalue weighted by Crippen LogP contribution is 2.44. The second-order valence-electron chi connectivity index (χ2n) is 28.0. The normalized spacial score (nSPS) is 11.7. The standard InChI is InChI=1S/C90H96N2/c1-13-15-17-19-21-75-61-88(86-58-56-84(60-66(86)6)92(80-49-37-72(38-50-80)68-29-25-64(4)26-30-68)82-53-41-74(42-54-82)70-33-45-78(46-34-70)90(10,11)12)76(22-20-18-16-14-2)62-87(75)85-57-55-83(59-65(85)5)91(79-47-35-71(36-48-79)67-27-23-63(3)24-28-67)81-51-39-73(40-52-81)69-31-43-77(44-32-69)89(7,8)9/h23-62H,13-22H2,1-12H3. The van der Waals surface area contributed by atoms with Gasteiger partial charge in [-0.1, -0.05) is 275 Å². The summed E-state index contributed by atoms with van der Waals surface area (Å²) in [6.07, 6.45) is 11.7. The van der Waals surface area contributed by atoms with Crippen molar-refractivity contribution in [3.63, 3.8) is 0 Å². The zero-order chi connectivity index (χ0) is 64.5. The lowest BCUT2D eigenvalue weighted by atomic mass is 9.84. The Hall–Kier alpha value is -8.98. The van der Waals surface area contributed by atoms with E-state index < -0.39 is 0 Å². The molecule has 0 aliphatic heterocycles. The van der Waals surface area contributed by atoms with E-state index in [0.29, 0.717) is 0 Å². The van der Waals surface area contributed by atoms with Gasteiger partial charge >= 0.3 is 0 Å². The summed E-state index contributed by atoms with van der Waals surface area (Å²) in [6.45, 7) is 27.3. The quantitative estimate of drug-likeness (QED) is 0.0624. The van der Waals surface area contributed by atoms with Crippen LogP contribution in [-0.2, 0) is 23.7 Å². The highest BCUT2D eigenvalue weighted by Gasteiger charge is 2.22. The number of nitrogens with zero attached hydrogens (tertiary/aromatic N) is 2. The van der Waals surface area contributed by atoms with Crippen LogP contribution in [-0.4, -0.2) is 0 Å². The predicted molar refractivity (Wildman–Crippen MR) is 400 cm³/mol. The summed E-state index contributed by atoms with van der Waals surface area (Å²) >= 11 is 0. The summed E-state index contributed by atoms with van der Waals surface area (Å²) in [5.41, 5.74) is 32.8. The zero-order valence-electron chi connectivity index (χ0n) is 57.1. The van der Waals surface area contributed by atoms with Gasteiger partial charge in [0.2, 0.25) is 0 Å². The Morgan fingerprint density at radius 3 is 0.750 bits per heavy atom. The van der Waals surface area contributed by atoms with Gasteiger partial charge in [0.05, 0.1) is 0 Å². The maximum atomic E-state index is 2.61. The molecule has 0 bridgehead atoms. The van der Waals surface area contributed by atoms with E-state index in [2.05, 4.69) is 336 Å². The van der Waals surface area contributed by atoms with Crippen LogP contribution in [0.4, 0.5) is 34.1 Å². The van der Waals surface area contributed by atoms with Crippen molar-refractivity contribution in [2.45, 2.75) is 158 Å². The lowest BCUT2D eigenvalue weighted by Gasteiger charge is -2.28. The van der Waals surface area contributed by atoms with Crippen molar-refractivity contribution in [1.82, 2.24) is 0 Å². The van der Waals surface area contributed by atoms with Crippen molar-refractivity contribution in [3.05, 3.63) is 287 Å². The number of anilines is 6. The first-order valence-corrected chi connectivity index (χ1v) is 34.2. The van der Waals surface area contributed by atoms with Gasteiger partial charge in [0, 0.05) is 34.1 Å². The number of benzene rings is 11. The average molecular weight is 1210 g/mol. The highest BCUT2D eigenvalue weighted by atomic mass is 15.1. The maximum absolute atomic E-state index is 2.61. The van der Waals surface area contributed by atoms with E-state index in [1.807, 2.05) is 0 Å². The Labute approximate surface area is 552 Å². The zero-order valence-corrected chi connectivity index (χ0v) is 57.1. The van der Waals surface area contributed by atoms with Crippen LogP contribution in [0.2, 0.25) is 0 Å². The van der Waals surface area contributed by atoms with Gasteiger partial charge in [-0.05, 0) is 237 Å². The summed E-state index contributed by atoms with van der Waals surface area (Å²) in [5.74, 6) is 0. The molecule has 11 aromatic carbocycles. The van der Waals surface area contributed by atoms with Gasteiger partial charge in [-0.25, -0.2) is 0 Å². The third-order valence-electron chi connectivity index (χ3n) is 18.9. The van der Waals surface area contributed by atoms with Gasteiger partial charge in [-0.2, -0.15) is 0 Å². The summed E-state index contributed by atoms with van der Waals surface area (Å²) in [7, 11) is 0. The Bertz CT molecular complexity index is 3930. The second-order valence-corrected chi connectivity index (χ2v) is 28.0. The number of hydrogen-bond donors (Lipinski definition) is 0. The molecule has 0 heterocycles. The molecule has 0 aromatic heterocycles. The van der Waals surface area contributed by atoms with E-state index in [4.69, 9.17) is 0 Å². The topological polar surface area (TPSA) is 6.48 Å². The first-order valence-electron chi connectivity index (χ1n) is 34.2. The third-order valence-corrected chi connectivity index (χ3v) is 18.9. The fraction of sp³-hybridized carbons (Fsp3) is 0.267. The molecule has 11 rings (SSSR count). The van der Waals surface area contributed by atoms with E-state index in [-0.39, 0.29) is 10.8 Å². The summed E-state index contributed by atoms with van der Waals surface area (Å²) in [4.78, 5) is 4.87. The lowest BCUT2D eigenvalue weighted by Crippen LogP contribution is -2.11. The molecule has 0 radical (unpaired) electrons. The van der Waals surface area contributed by atoms with Gasteiger partial charge in [-0.3, -0.25) is 0 Å². The van der Waals surface area contributed by atoms with Gasteiger partial charge in [0.1, 0.15) is 0 Å². The molecule has 0 fully saturated rings. The first kappa shape index (κ1) is 64.5. The van der Waals surface area contributed by atoms with E-state index >= 15 is 0 Å². The number of rotatable bonds is 22. The summed E-state index contributed by atoms with van der Waals surface area (Å²) in [6, 6.07) is 92.2. The van der Waals surface area contributed by atoms with E-state index in [1.54, 1.807) is 0 Å². The molecule has 0 saturated carbocycles. The molecule has 2 heteroatoms. The third kappa shape index (κ3) is 15.2. The minimum atomic E-state index is 0.104. The van der Waals surface area contributed by atoms with Gasteiger partial charge in [-0.15, -0.1) is 0 Å². The van der Waals surface area contributed by atoms with Crippen molar-refractivity contribution >= 4 is 34.1 Å². The number of aryl methyl sites for hydroxylation is 6. The Kier molecular flexibility index (Phi) is 20.1. The Balaban J connectivity index is 0.979. The molecule has 0 spiro atoms. The molecule has 11 aromatic rings. The largest absolute Gasteiger partial charge is 0.310 e. The molecule has 0 atom stereocenters. The Morgan fingerprint density at radius 1 is 0.250 bits per heavy atom. The predicted octanol–water partition coefficient (Wildman–Crippen LogP) is 26.7. The van der Waals surface area contributed by atoms with E-state index in [0.717, 1.165) is 59.8 Å².